The van der Waals surface area contributed by atoms with Crippen molar-refractivity contribution in [2.45, 2.75) is 51.2 Å². The Morgan fingerprint density at radius 1 is 1.14 bits per heavy atom. The largest absolute Gasteiger partial charge is 0.389 e. The molecule has 3 heteroatoms. The van der Waals surface area contributed by atoms with Crippen molar-refractivity contribution in [1.82, 2.24) is 10.2 Å². The lowest BCUT2D eigenvalue weighted by molar-refractivity contribution is 0.0455. The fraction of sp³-hybridized carbons (Fsp3) is 0.667. The van der Waals surface area contributed by atoms with Gasteiger partial charge in [0.05, 0.1) is 5.60 Å². The summed E-state index contributed by atoms with van der Waals surface area (Å²) >= 11 is 0. The maximum atomic E-state index is 10.5. The van der Waals surface area contributed by atoms with Crippen LogP contribution in [0.3, 0.4) is 0 Å². The molecule has 1 aromatic rings. The molecular weight excluding hydrogens is 260 g/mol. The minimum Gasteiger partial charge on any atom is -0.389 e. The summed E-state index contributed by atoms with van der Waals surface area (Å²) in [5.41, 5.74) is 0.886. The van der Waals surface area contributed by atoms with Crippen LogP contribution < -0.4 is 5.32 Å². The highest BCUT2D eigenvalue weighted by atomic mass is 16.3. The van der Waals surface area contributed by atoms with Crippen LogP contribution in [-0.4, -0.2) is 41.8 Å². The van der Waals surface area contributed by atoms with E-state index in [1.165, 1.54) is 5.56 Å². The van der Waals surface area contributed by atoms with Crippen molar-refractivity contribution >= 4 is 0 Å². The van der Waals surface area contributed by atoms with Crippen LogP contribution in [0.2, 0.25) is 0 Å². The molecule has 1 atom stereocenters. The zero-order valence-corrected chi connectivity index (χ0v) is 13.5. The minimum absolute atomic E-state index is 0.381. The summed E-state index contributed by atoms with van der Waals surface area (Å²) < 4.78 is 0. The van der Waals surface area contributed by atoms with Crippen molar-refractivity contribution in [3.05, 3.63) is 35.9 Å². The summed E-state index contributed by atoms with van der Waals surface area (Å²) in [5, 5.41) is 14.0. The van der Waals surface area contributed by atoms with Gasteiger partial charge in [0.2, 0.25) is 0 Å². The van der Waals surface area contributed by atoms with Crippen molar-refractivity contribution in [3.8, 4) is 0 Å². The first-order valence-corrected chi connectivity index (χ1v) is 8.40. The molecule has 2 rings (SSSR count). The number of nitrogens with one attached hydrogen (secondary N) is 1. The van der Waals surface area contributed by atoms with Crippen LogP contribution in [0.5, 0.6) is 0 Å². The molecule has 0 spiro atoms. The molecule has 21 heavy (non-hydrogen) atoms. The van der Waals surface area contributed by atoms with E-state index >= 15 is 0 Å². The minimum atomic E-state index is -0.468. The molecule has 0 saturated heterocycles. The first-order valence-electron chi connectivity index (χ1n) is 8.40. The highest BCUT2D eigenvalue weighted by Crippen LogP contribution is 2.29. The average molecular weight is 290 g/mol. The first kappa shape index (κ1) is 16.5. The molecule has 0 bridgehead atoms. The molecule has 118 valence electrons. The van der Waals surface area contributed by atoms with E-state index in [0.29, 0.717) is 6.04 Å². The van der Waals surface area contributed by atoms with E-state index < -0.39 is 5.60 Å². The normalized spacial score (nSPS) is 19.0. The summed E-state index contributed by atoms with van der Waals surface area (Å²) in [6.07, 6.45) is 4.22. The molecule has 2 N–H and O–H groups in total. The van der Waals surface area contributed by atoms with Gasteiger partial charge in [0.15, 0.2) is 0 Å². The molecule has 3 nitrogen and oxygen atoms in total. The van der Waals surface area contributed by atoms with E-state index in [0.717, 1.165) is 51.9 Å². The lowest BCUT2D eigenvalue weighted by Gasteiger charge is -2.32. The molecule has 1 fully saturated rings. The van der Waals surface area contributed by atoms with Crippen molar-refractivity contribution < 1.29 is 5.11 Å². The highest BCUT2D eigenvalue weighted by Gasteiger charge is 2.31. The van der Waals surface area contributed by atoms with Crippen LogP contribution in [-0.2, 0) is 0 Å². The second-order valence-electron chi connectivity index (χ2n) is 6.21. The van der Waals surface area contributed by atoms with Gasteiger partial charge in [0, 0.05) is 19.1 Å². The number of hydrogen-bond donors (Lipinski definition) is 2. The molecule has 0 aromatic heterocycles. The first-order chi connectivity index (χ1) is 10.2. The Kier molecular flexibility index (Phi) is 6.22. The highest BCUT2D eigenvalue weighted by molar-refractivity contribution is 5.19. The average Bonchev–Trinajstić information content (AvgIpc) is 2.94. The van der Waals surface area contributed by atoms with Crippen molar-refractivity contribution in [2.24, 2.45) is 0 Å². The SMILES string of the molecule is CCN(CC)C(CNCC1(O)CCCC1)c1ccccc1. The van der Waals surface area contributed by atoms with Gasteiger partial charge in [0.1, 0.15) is 0 Å². The summed E-state index contributed by atoms with van der Waals surface area (Å²) in [6, 6.07) is 11.1. The van der Waals surface area contributed by atoms with Gasteiger partial charge in [-0.25, -0.2) is 0 Å². The third-order valence-corrected chi connectivity index (χ3v) is 4.76. The van der Waals surface area contributed by atoms with Crippen LogP contribution in [0.4, 0.5) is 0 Å². The zero-order valence-electron chi connectivity index (χ0n) is 13.5. The Morgan fingerprint density at radius 2 is 1.76 bits per heavy atom. The van der Waals surface area contributed by atoms with Crippen LogP contribution in [0.1, 0.15) is 51.1 Å². The van der Waals surface area contributed by atoms with Gasteiger partial charge < -0.3 is 10.4 Å². The number of rotatable bonds is 8. The third kappa shape index (κ3) is 4.53. The molecule has 0 aliphatic heterocycles. The monoisotopic (exact) mass is 290 g/mol. The standard InChI is InChI=1S/C18H30N2O/c1-3-20(4-2)17(16-10-6-5-7-11-16)14-19-15-18(21)12-8-9-13-18/h5-7,10-11,17,19,21H,3-4,8-9,12-15H2,1-2H3. The fourth-order valence-corrected chi connectivity index (χ4v) is 3.45. The molecule has 1 saturated carbocycles. The van der Waals surface area contributed by atoms with Gasteiger partial charge in [-0.2, -0.15) is 0 Å². The molecule has 1 aliphatic rings. The van der Waals surface area contributed by atoms with Gasteiger partial charge in [-0.15, -0.1) is 0 Å². The Morgan fingerprint density at radius 3 is 2.33 bits per heavy atom. The van der Waals surface area contributed by atoms with Crippen molar-refractivity contribution in [1.29, 1.82) is 0 Å². The van der Waals surface area contributed by atoms with E-state index in [2.05, 4.69) is 54.4 Å². The predicted molar refractivity (Wildman–Crippen MR) is 88.4 cm³/mol. The molecule has 1 aliphatic carbocycles. The van der Waals surface area contributed by atoms with Crippen molar-refractivity contribution in [3.63, 3.8) is 0 Å². The second-order valence-corrected chi connectivity index (χ2v) is 6.21. The van der Waals surface area contributed by atoms with Gasteiger partial charge in [-0.3, -0.25) is 4.90 Å². The van der Waals surface area contributed by atoms with Crippen LogP contribution in [0.15, 0.2) is 30.3 Å². The fourth-order valence-electron chi connectivity index (χ4n) is 3.45. The maximum absolute atomic E-state index is 10.5. The van der Waals surface area contributed by atoms with E-state index in [1.54, 1.807) is 0 Å². The smallest absolute Gasteiger partial charge is 0.0771 e. The van der Waals surface area contributed by atoms with Crippen molar-refractivity contribution in [2.75, 3.05) is 26.2 Å². The molecule has 0 amide bonds. The molecule has 0 heterocycles. The third-order valence-electron chi connectivity index (χ3n) is 4.76. The number of aliphatic hydroxyl groups is 1. The summed E-state index contributed by atoms with van der Waals surface area (Å²) in [4.78, 5) is 2.47. The number of hydrogen-bond acceptors (Lipinski definition) is 3. The van der Waals surface area contributed by atoms with Gasteiger partial charge in [-0.05, 0) is 31.5 Å². The topological polar surface area (TPSA) is 35.5 Å². The van der Waals surface area contributed by atoms with Crippen LogP contribution in [0.25, 0.3) is 0 Å². The molecular formula is C18H30N2O. The Bertz CT molecular complexity index is 397. The van der Waals surface area contributed by atoms with E-state index in [9.17, 15) is 5.11 Å². The zero-order chi connectivity index (χ0) is 15.1. The Hall–Kier alpha value is -0.900. The molecule has 1 unspecified atom stereocenters. The second kappa shape index (κ2) is 7.92. The van der Waals surface area contributed by atoms with Gasteiger partial charge in [-0.1, -0.05) is 57.0 Å². The Labute approximate surface area is 129 Å². The predicted octanol–water partition coefficient (Wildman–Crippen LogP) is 2.96. The maximum Gasteiger partial charge on any atom is 0.0771 e. The van der Waals surface area contributed by atoms with E-state index in [4.69, 9.17) is 0 Å². The van der Waals surface area contributed by atoms with Gasteiger partial charge in [0.25, 0.3) is 0 Å². The summed E-state index contributed by atoms with van der Waals surface area (Å²) in [6.45, 7) is 8.13. The number of likely N-dealkylation sites (N-methyl/N-ethyl adjacent to an activating group) is 1. The lowest BCUT2D eigenvalue weighted by atomic mass is 10.0. The quantitative estimate of drug-likeness (QED) is 0.772. The van der Waals surface area contributed by atoms with Crippen LogP contribution >= 0.6 is 0 Å². The molecule has 1 aromatic carbocycles. The summed E-state index contributed by atoms with van der Waals surface area (Å²) in [5.74, 6) is 0. The van der Waals surface area contributed by atoms with Gasteiger partial charge >= 0.3 is 0 Å². The van der Waals surface area contributed by atoms with E-state index in [1.807, 2.05) is 0 Å². The Balaban J connectivity index is 1.96. The number of benzene rings is 1. The lowest BCUT2D eigenvalue weighted by Crippen LogP contribution is -2.42. The molecule has 0 radical (unpaired) electrons. The summed E-state index contributed by atoms with van der Waals surface area (Å²) in [7, 11) is 0. The van der Waals surface area contributed by atoms with E-state index in [-0.39, 0.29) is 0 Å². The number of nitrogens with zero attached hydrogens (tertiary/aromatic N) is 1. The van der Waals surface area contributed by atoms with Crippen LogP contribution in [0, 0.1) is 0 Å².